The number of aliphatic carboxylic acids is 1. The van der Waals surface area contributed by atoms with Gasteiger partial charge in [-0.3, -0.25) is 9.59 Å². The van der Waals surface area contributed by atoms with Crippen LogP contribution in [0.4, 0.5) is 10.8 Å². The lowest BCUT2D eigenvalue weighted by Gasteiger charge is -2.14. The molecular formula is C25H25N3O5S2. The predicted molar refractivity (Wildman–Crippen MR) is 139 cm³/mol. The van der Waals surface area contributed by atoms with E-state index in [1.54, 1.807) is 18.2 Å². The van der Waals surface area contributed by atoms with Crippen LogP contribution < -0.4 is 15.4 Å². The molecule has 0 aliphatic rings. The molecule has 182 valence electrons. The zero-order valence-electron chi connectivity index (χ0n) is 19.2. The molecule has 0 saturated carbocycles. The number of aromatic nitrogens is 1. The molecule has 0 radical (unpaired) electrons. The monoisotopic (exact) mass is 511 g/mol. The van der Waals surface area contributed by atoms with Crippen molar-refractivity contribution in [3.63, 3.8) is 0 Å². The van der Waals surface area contributed by atoms with E-state index in [4.69, 9.17) is 9.84 Å². The standard InChI is InChI=1S/C25H25N3O5S2/c1-3-21(35-19-7-5-6-17(14-19)26-22(29)12-13-23(30)31)24(32)28-25-27-20(15-34-25)16-8-10-18(11-9-16)33-4-2/h5-15,21H,3-4H2,1-2H3,(H,26,29)(H,30,31)(H,27,28,32)/b13-12+. The number of hydrogen-bond acceptors (Lipinski definition) is 7. The maximum absolute atomic E-state index is 12.9. The molecule has 1 heterocycles. The van der Waals surface area contributed by atoms with Crippen LogP contribution in [0.15, 0.2) is 71.0 Å². The van der Waals surface area contributed by atoms with E-state index in [-0.39, 0.29) is 11.2 Å². The van der Waals surface area contributed by atoms with Gasteiger partial charge in [-0.05, 0) is 55.8 Å². The number of carboxylic acid groups (broad SMARTS) is 1. The van der Waals surface area contributed by atoms with Crippen molar-refractivity contribution in [2.75, 3.05) is 17.2 Å². The lowest BCUT2D eigenvalue weighted by molar-refractivity contribution is -0.131. The summed E-state index contributed by atoms with van der Waals surface area (Å²) in [5.74, 6) is -1.12. The molecule has 1 atom stereocenters. The molecule has 0 aliphatic carbocycles. The van der Waals surface area contributed by atoms with Crippen LogP contribution in [0.5, 0.6) is 5.75 Å². The second-order valence-electron chi connectivity index (χ2n) is 7.19. The highest BCUT2D eigenvalue weighted by Crippen LogP contribution is 2.30. The Balaban J connectivity index is 1.61. The minimum absolute atomic E-state index is 0.163. The van der Waals surface area contributed by atoms with Crippen LogP contribution in [0.25, 0.3) is 11.3 Å². The third-order valence-electron chi connectivity index (χ3n) is 4.62. The maximum Gasteiger partial charge on any atom is 0.328 e. The Labute approximate surface area is 211 Å². The first kappa shape index (κ1) is 26.0. The van der Waals surface area contributed by atoms with E-state index < -0.39 is 11.9 Å². The van der Waals surface area contributed by atoms with Gasteiger partial charge >= 0.3 is 5.97 Å². The van der Waals surface area contributed by atoms with Crippen LogP contribution in [0.2, 0.25) is 0 Å². The number of anilines is 2. The fraction of sp³-hybridized carbons (Fsp3) is 0.200. The van der Waals surface area contributed by atoms with E-state index in [0.29, 0.717) is 23.8 Å². The molecule has 3 aromatic rings. The largest absolute Gasteiger partial charge is 0.494 e. The Morgan fingerprint density at radius 2 is 1.89 bits per heavy atom. The van der Waals surface area contributed by atoms with Crippen LogP contribution in [-0.4, -0.2) is 39.7 Å². The zero-order valence-corrected chi connectivity index (χ0v) is 20.8. The third kappa shape index (κ3) is 7.97. The van der Waals surface area contributed by atoms with Gasteiger partial charge in [-0.25, -0.2) is 9.78 Å². The van der Waals surface area contributed by atoms with Crippen molar-refractivity contribution >= 4 is 51.7 Å². The highest BCUT2D eigenvalue weighted by molar-refractivity contribution is 8.00. The van der Waals surface area contributed by atoms with E-state index >= 15 is 0 Å². The summed E-state index contributed by atoms with van der Waals surface area (Å²) in [5, 5.41) is 16.2. The molecule has 0 saturated heterocycles. The molecule has 0 bridgehead atoms. The van der Waals surface area contributed by atoms with Gasteiger partial charge in [0.15, 0.2) is 5.13 Å². The SMILES string of the molecule is CCOc1ccc(-c2csc(NC(=O)C(CC)Sc3cccc(NC(=O)/C=C/C(=O)O)c3)n2)cc1. The van der Waals surface area contributed by atoms with Gasteiger partial charge in [-0.1, -0.05) is 13.0 Å². The summed E-state index contributed by atoms with van der Waals surface area (Å²) in [6.45, 7) is 4.46. The summed E-state index contributed by atoms with van der Waals surface area (Å²) in [6.07, 6.45) is 2.30. The Hall–Kier alpha value is -3.63. The van der Waals surface area contributed by atoms with Gasteiger partial charge in [-0.15, -0.1) is 23.1 Å². The maximum atomic E-state index is 12.9. The number of nitrogens with zero attached hydrogens (tertiary/aromatic N) is 1. The summed E-state index contributed by atoms with van der Waals surface area (Å²) in [4.78, 5) is 40.6. The van der Waals surface area contributed by atoms with Gasteiger partial charge in [0.25, 0.3) is 0 Å². The van der Waals surface area contributed by atoms with Gasteiger partial charge in [0.1, 0.15) is 5.75 Å². The lowest BCUT2D eigenvalue weighted by atomic mass is 10.2. The number of hydrogen-bond donors (Lipinski definition) is 3. The molecule has 2 aromatic carbocycles. The fourth-order valence-corrected chi connectivity index (χ4v) is 4.74. The normalized spacial score (nSPS) is 11.7. The number of ether oxygens (including phenoxy) is 1. The van der Waals surface area contributed by atoms with E-state index in [2.05, 4.69) is 15.6 Å². The van der Waals surface area contributed by atoms with Crippen molar-refractivity contribution in [3.05, 3.63) is 66.1 Å². The zero-order chi connectivity index (χ0) is 25.2. The van der Waals surface area contributed by atoms with Gasteiger partial charge < -0.3 is 20.5 Å². The topological polar surface area (TPSA) is 118 Å². The number of carbonyl (C=O) groups excluding carboxylic acids is 2. The van der Waals surface area contributed by atoms with Crippen molar-refractivity contribution < 1.29 is 24.2 Å². The van der Waals surface area contributed by atoms with Gasteiger partial charge in [-0.2, -0.15) is 0 Å². The van der Waals surface area contributed by atoms with E-state index in [9.17, 15) is 14.4 Å². The number of thiazole rings is 1. The lowest BCUT2D eigenvalue weighted by Crippen LogP contribution is -2.24. The molecule has 1 aromatic heterocycles. The van der Waals surface area contributed by atoms with Crippen molar-refractivity contribution in [3.8, 4) is 17.0 Å². The Bertz CT molecular complexity index is 1210. The highest BCUT2D eigenvalue weighted by atomic mass is 32.2. The number of benzene rings is 2. The molecule has 3 rings (SSSR count). The fourth-order valence-electron chi connectivity index (χ4n) is 3.00. The minimum atomic E-state index is -1.20. The molecule has 8 nitrogen and oxygen atoms in total. The Kier molecular flexibility index (Phi) is 9.45. The first-order valence-electron chi connectivity index (χ1n) is 10.9. The molecule has 0 aliphatic heterocycles. The van der Waals surface area contributed by atoms with Crippen molar-refractivity contribution in [1.82, 2.24) is 4.98 Å². The third-order valence-corrected chi connectivity index (χ3v) is 6.73. The van der Waals surface area contributed by atoms with Crippen molar-refractivity contribution in [1.29, 1.82) is 0 Å². The van der Waals surface area contributed by atoms with E-state index in [1.807, 2.05) is 49.6 Å². The summed E-state index contributed by atoms with van der Waals surface area (Å²) >= 11 is 2.73. The molecule has 10 heteroatoms. The van der Waals surface area contributed by atoms with Crippen LogP contribution in [-0.2, 0) is 14.4 Å². The van der Waals surface area contributed by atoms with Gasteiger partial charge in [0.05, 0.1) is 17.6 Å². The smallest absolute Gasteiger partial charge is 0.328 e. The molecule has 0 spiro atoms. The number of carboxylic acids is 1. The van der Waals surface area contributed by atoms with Crippen molar-refractivity contribution in [2.24, 2.45) is 0 Å². The Morgan fingerprint density at radius 1 is 1.11 bits per heavy atom. The first-order chi connectivity index (χ1) is 16.9. The van der Waals surface area contributed by atoms with E-state index in [0.717, 1.165) is 34.1 Å². The number of carbonyl (C=O) groups is 3. The van der Waals surface area contributed by atoms with Crippen molar-refractivity contribution in [2.45, 2.75) is 30.4 Å². The second kappa shape index (κ2) is 12.7. The van der Waals surface area contributed by atoms with Crippen LogP contribution in [0, 0.1) is 0 Å². The highest BCUT2D eigenvalue weighted by Gasteiger charge is 2.20. The molecule has 3 N–H and O–H groups in total. The molecule has 0 fully saturated rings. The van der Waals surface area contributed by atoms with Gasteiger partial charge in [0.2, 0.25) is 11.8 Å². The van der Waals surface area contributed by atoms with Gasteiger partial charge in [0, 0.05) is 33.7 Å². The number of rotatable bonds is 11. The average molecular weight is 512 g/mol. The number of nitrogens with one attached hydrogen (secondary N) is 2. The Morgan fingerprint density at radius 3 is 2.57 bits per heavy atom. The summed E-state index contributed by atoms with van der Waals surface area (Å²) in [7, 11) is 0. The van der Waals surface area contributed by atoms with E-state index in [1.165, 1.54) is 23.1 Å². The minimum Gasteiger partial charge on any atom is -0.494 e. The summed E-state index contributed by atoms with van der Waals surface area (Å²) < 4.78 is 5.47. The second-order valence-corrected chi connectivity index (χ2v) is 9.32. The van der Waals surface area contributed by atoms with Crippen LogP contribution >= 0.6 is 23.1 Å². The first-order valence-corrected chi connectivity index (χ1v) is 12.6. The molecular weight excluding hydrogens is 486 g/mol. The average Bonchev–Trinajstić information content (AvgIpc) is 3.30. The number of amides is 2. The van der Waals surface area contributed by atoms with Crippen LogP contribution in [0.3, 0.4) is 0 Å². The summed E-state index contributed by atoms with van der Waals surface area (Å²) in [6, 6.07) is 14.7. The molecule has 35 heavy (non-hydrogen) atoms. The molecule has 1 unspecified atom stereocenters. The summed E-state index contributed by atoms with van der Waals surface area (Å²) in [5.41, 5.74) is 2.21. The van der Waals surface area contributed by atoms with Crippen LogP contribution in [0.1, 0.15) is 20.3 Å². The quantitative estimate of drug-likeness (QED) is 0.236. The molecule has 2 amide bonds. The number of thioether (sulfide) groups is 1. The predicted octanol–water partition coefficient (Wildman–Crippen LogP) is 5.30.